The molecular formula is C24H27FN4O4. The van der Waals surface area contributed by atoms with E-state index in [1.54, 1.807) is 19.1 Å². The van der Waals surface area contributed by atoms with E-state index in [1.807, 2.05) is 18.7 Å². The Balaban J connectivity index is 1.47. The smallest absolute Gasteiger partial charge is 0.328 e. The number of benzene rings is 2. The van der Waals surface area contributed by atoms with E-state index >= 15 is 0 Å². The molecule has 0 radical (unpaired) electrons. The molecular weight excluding hydrogens is 427 g/mol. The van der Waals surface area contributed by atoms with Gasteiger partial charge in [0.25, 0.3) is 11.5 Å². The Morgan fingerprint density at radius 3 is 2.55 bits per heavy atom. The second kappa shape index (κ2) is 9.19. The number of carbonyl (C=O) groups excluding carboxylic acids is 1. The Morgan fingerprint density at radius 1 is 1.15 bits per heavy atom. The Kier molecular flexibility index (Phi) is 6.33. The Hall–Kier alpha value is -3.46. The zero-order valence-corrected chi connectivity index (χ0v) is 18.9. The summed E-state index contributed by atoms with van der Waals surface area (Å²) in [4.78, 5) is 41.7. The molecule has 4 rings (SSSR count). The summed E-state index contributed by atoms with van der Waals surface area (Å²) in [7, 11) is 0. The molecule has 2 aromatic carbocycles. The average molecular weight is 455 g/mol. The van der Waals surface area contributed by atoms with Gasteiger partial charge in [-0.05, 0) is 56.7 Å². The molecule has 0 aliphatic carbocycles. The summed E-state index contributed by atoms with van der Waals surface area (Å²) >= 11 is 0. The van der Waals surface area contributed by atoms with E-state index in [0.29, 0.717) is 40.8 Å². The molecule has 33 heavy (non-hydrogen) atoms. The first kappa shape index (κ1) is 22.7. The van der Waals surface area contributed by atoms with Gasteiger partial charge in [0.05, 0.1) is 28.8 Å². The molecule has 2 N–H and O–H groups in total. The highest BCUT2D eigenvalue weighted by Gasteiger charge is 2.24. The molecule has 3 aromatic rings. The summed E-state index contributed by atoms with van der Waals surface area (Å²) in [6, 6.07) is 9.45. The van der Waals surface area contributed by atoms with Gasteiger partial charge in [0.2, 0.25) is 0 Å². The summed E-state index contributed by atoms with van der Waals surface area (Å²) in [5.41, 5.74) is 0.809. The van der Waals surface area contributed by atoms with Crippen molar-refractivity contribution in [3.8, 4) is 0 Å². The molecule has 0 bridgehead atoms. The van der Waals surface area contributed by atoms with E-state index in [4.69, 9.17) is 4.74 Å². The monoisotopic (exact) mass is 454 g/mol. The fourth-order valence-electron chi connectivity index (χ4n) is 4.26. The number of nitrogens with one attached hydrogen (secondary N) is 2. The summed E-state index contributed by atoms with van der Waals surface area (Å²) in [5.74, 6) is -0.740. The van der Waals surface area contributed by atoms with Crippen LogP contribution in [0.4, 0.5) is 10.1 Å². The highest BCUT2D eigenvalue weighted by Crippen LogP contribution is 2.24. The van der Waals surface area contributed by atoms with E-state index in [0.717, 1.165) is 4.57 Å². The van der Waals surface area contributed by atoms with Crippen LogP contribution in [0.2, 0.25) is 0 Å². The van der Waals surface area contributed by atoms with Gasteiger partial charge in [0.15, 0.2) is 0 Å². The Morgan fingerprint density at radius 2 is 1.88 bits per heavy atom. The van der Waals surface area contributed by atoms with Crippen LogP contribution in [-0.4, -0.2) is 40.8 Å². The first-order chi connectivity index (χ1) is 15.8. The molecule has 1 aromatic heterocycles. The summed E-state index contributed by atoms with van der Waals surface area (Å²) in [6.07, 6.45) is 0.0442. The van der Waals surface area contributed by atoms with Gasteiger partial charge in [0, 0.05) is 31.7 Å². The number of carbonyl (C=O) groups is 1. The number of rotatable bonds is 5. The predicted molar refractivity (Wildman–Crippen MR) is 124 cm³/mol. The minimum Gasteiger partial charge on any atom is -0.372 e. The van der Waals surface area contributed by atoms with E-state index in [1.165, 1.54) is 24.3 Å². The third-order valence-corrected chi connectivity index (χ3v) is 5.79. The van der Waals surface area contributed by atoms with Crippen molar-refractivity contribution >= 4 is 22.5 Å². The van der Waals surface area contributed by atoms with E-state index in [2.05, 4.69) is 10.3 Å². The lowest BCUT2D eigenvalue weighted by molar-refractivity contribution is -0.00539. The number of fused-ring (bicyclic) bond motifs is 1. The third kappa shape index (κ3) is 4.68. The maximum Gasteiger partial charge on any atom is 0.328 e. The quantitative estimate of drug-likeness (QED) is 0.617. The molecule has 1 aliphatic rings. The van der Waals surface area contributed by atoms with Crippen molar-refractivity contribution in [2.24, 2.45) is 0 Å². The molecule has 0 spiro atoms. The SMILES string of the molecule is CCn1c(=O)[nH]c2cc(C(=O)NCc3ccc(N4CC(C)OC(C)C4)c(F)c3)ccc2c1=O. The number of hydrogen-bond acceptors (Lipinski definition) is 5. The van der Waals surface area contributed by atoms with Crippen LogP contribution in [-0.2, 0) is 17.8 Å². The molecule has 9 heteroatoms. The fourth-order valence-corrected chi connectivity index (χ4v) is 4.26. The molecule has 1 aliphatic heterocycles. The normalized spacial score (nSPS) is 18.5. The number of amides is 1. The van der Waals surface area contributed by atoms with Crippen LogP contribution in [0, 0.1) is 5.82 Å². The topological polar surface area (TPSA) is 96.4 Å². The van der Waals surface area contributed by atoms with Crippen LogP contribution in [0.15, 0.2) is 46.0 Å². The second-order valence-corrected chi connectivity index (χ2v) is 8.37. The molecule has 8 nitrogen and oxygen atoms in total. The van der Waals surface area contributed by atoms with Crippen molar-refractivity contribution < 1.29 is 13.9 Å². The Labute approximate surface area is 190 Å². The molecule has 1 amide bonds. The van der Waals surface area contributed by atoms with Gasteiger partial charge in [-0.1, -0.05) is 6.07 Å². The zero-order valence-electron chi connectivity index (χ0n) is 18.9. The maximum atomic E-state index is 14.8. The lowest BCUT2D eigenvalue weighted by Gasteiger charge is -2.37. The molecule has 1 saturated heterocycles. The summed E-state index contributed by atoms with van der Waals surface area (Å²) < 4.78 is 21.6. The molecule has 2 heterocycles. The van der Waals surface area contributed by atoms with Crippen molar-refractivity contribution in [1.82, 2.24) is 14.9 Å². The average Bonchev–Trinajstić information content (AvgIpc) is 2.76. The highest BCUT2D eigenvalue weighted by atomic mass is 19.1. The minimum atomic E-state index is -0.521. The van der Waals surface area contributed by atoms with Crippen LogP contribution < -0.4 is 21.5 Å². The van der Waals surface area contributed by atoms with Crippen LogP contribution in [0.1, 0.15) is 36.7 Å². The molecule has 2 unspecified atom stereocenters. The van der Waals surface area contributed by atoms with Crippen LogP contribution in [0.25, 0.3) is 10.9 Å². The largest absolute Gasteiger partial charge is 0.372 e. The van der Waals surface area contributed by atoms with Crippen LogP contribution >= 0.6 is 0 Å². The van der Waals surface area contributed by atoms with Gasteiger partial charge in [-0.25, -0.2) is 9.18 Å². The number of H-pyrrole nitrogens is 1. The number of halogens is 1. The number of ether oxygens (including phenoxy) is 1. The van der Waals surface area contributed by atoms with Crippen molar-refractivity contribution in [2.75, 3.05) is 18.0 Å². The van der Waals surface area contributed by atoms with Crippen LogP contribution in [0.5, 0.6) is 0 Å². The number of morpholine rings is 1. The predicted octanol–water partition coefficient (Wildman–Crippen LogP) is 2.39. The van der Waals surface area contributed by atoms with Crippen molar-refractivity contribution in [1.29, 1.82) is 0 Å². The third-order valence-electron chi connectivity index (χ3n) is 5.79. The van der Waals surface area contributed by atoms with Gasteiger partial charge < -0.3 is 19.9 Å². The van der Waals surface area contributed by atoms with E-state index in [9.17, 15) is 18.8 Å². The number of aromatic nitrogens is 2. The first-order valence-electron chi connectivity index (χ1n) is 11.0. The van der Waals surface area contributed by atoms with Gasteiger partial charge in [0.1, 0.15) is 5.82 Å². The van der Waals surface area contributed by atoms with Crippen molar-refractivity contribution in [3.05, 3.63) is 74.2 Å². The van der Waals surface area contributed by atoms with Crippen molar-refractivity contribution in [3.63, 3.8) is 0 Å². The van der Waals surface area contributed by atoms with Gasteiger partial charge in [-0.2, -0.15) is 0 Å². The van der Waals surface area contributed by atoms with Crippen molar-refractivity contribution in [2.45, 2.75) is 46.1 Å². The minimum absolute atomic E-state index is 0.0221. The zero-order chi connectivity index (χ0) is 23.7. The Bertz CT molecular complexity index is 1310. The van der Waals surface area contributed by atoms with Gasteiger partial charge in [-0.15, -0.1) is 0 Å². The van der Waals surface area contributed by atoms with Crippen LogP contribution in [0.3, 0.4) is 0 Å². The number of anilines is 1. The second-order valence-electron chi connectivity index (χ2n) is 8.37. The number of aromatic amines is 1. The summed E-state index contributed by atoms with van der Waals surface area (Å²) in [5, 5.41) is 3.09. The molecule has 174 valence electrons. The van der Waals surface area contributed by atoms with Gasteiger partial charge >= 0.3 is 5.69 Å². The molecule has 0 saturated carbocycles. The number of hydrogen-bond donors (Lipinski definition) is 2. The van der Waals surface area contributed by atoms with E-state index in [-0.39, 0.29) is 31.1 Å². The summed E-state index contributed by atoms with van der Waals surface area (Å²) in [6.45, 7) is 7.26. The maximum absolute atomic E-state index is 14.8. The lowest BCUT2D eigenvalue weighted by Crippen LogP contribution is -2.45. The highest BCUT2D eigenvalue weighted by molar-refractivity contribution is 5.97. The lowest BCUT2D eigenvalue weighted by atomic mass is 10.1. The fraction of sp³-hybridized carbons (Fsp3) is 0.375. The molecule has 1 fully saturated rings. The standard InChI is InChI=1S/C24H27FN4O4/c1-4-29-23(31)18-7-6-17(10-20(18)27-24(29)32)22(30)26-11-16-5-8-21(19(25)9-16)28-12-14(2)33-15(3)13-28/h5-10,14-15H,4,11-13H2,1-3H3,(H,26,30)(H,27,32). The number of nitrogens with zero attached hydrogens (tertiary/aromatic N) is 2. The van der Waals surface area contributed by atoms with E-state index < -0.39 is 17.2 Å². The van der Waals surface area contributed by atoms with Gasteiger partial charge in [-0.3, -0.25) is 14.2 Å². The molecule has 2 atom stereocenters. The first-order valence-corrected chi connectivity index (χ1v) is 11.0.